The zero-order valence-corrected chi connectivity index (χ0v) is 13.9. The maximum Gasteiger partial charge on any atom is 0.268 e. The lowest BCUT2D eigenvalue weighted by Gasteiger charge is -2.08. The van der Waals surface area contributed by atoms with E-state index in [0.29, 0.717) is 10.5 Å². The van der Waals surface area contributed by atoms with Crippen molar-refractivity contribution in [2.75, 3.05) is 0 Å². The lowest BCUT2D eigenvalue weighted by Crippen LogP contribution is -2.11. The average molecular weight is 418 g/mol. The molecule has 3 rings (SSSR count). The van der Waals surface area contributed by atoms with Crippen LogP contribution in [0.2, 0.25) is 5.02 Å². The van der Waals surface area contributed by atoms with Crippen molar-refractivity contribution < 1.29 is 8.42 Å². The van der Waals surface area contributed by atoms with Gasteiger partial charge in [0.25, 0.3) is 10.0 Å². The van der Waals surface area contributed by atoms with Crippen LogP contribution in [0.1, 0.15) is 0 Å². The van der Waals surface area contributed by atoms with Crippen LogP contribution in [0.3, 0.4) is 0 Å². The summed E-state index contributed by atoms with van der Waals surface area (Å²) in [6, 6.07) is 13.6. The third kappa shape index (κ3) is 2.13. The number of aromatic nitrogens is 1. The molecule has 0 saturated heterocycles. The molecule has 0 saturated carbocycles. The van der Waals surface area contributed by atoms with E-state index in [-0.39, 0.29) is 4.90 Å². The van der Waals surface area contributed by atoms with E-state index in [1.807, 2.05) is 0 Å². The van der Waals surface area contributed by atoms with Crippen LogP contribution in [0.25, 0.3) is 10.9 Å². The molecule has 0 aliphatic rings. The fourth-order valence-electron chi connectivity index (χ4n) is 2.05. The van der Waals surface area contributed by atoms with Gasteiger partial charge in [0, 0.05) is 15.2 Å². The van der Waals surface area contributed by atoms with Gasteiger partial charge in [-0.05, 0) is 52.9 Å². The van der Waals surface area contributed by atoms with Gasteiger partial charge in [-0.15, -0.1) is 0 Å². The first-order chi connectivity index (χ1) is 9.51. The molecule has 0 radical (unpaired) electrons. The topological polar surface area (TPSA) is 39.1 Å². The highest BCUT2D eigenvalue weighted by atomic mass is 127. The first kappa shape index (κ1) is 13.9. The maximum atomic E-state index is 12.6. The van der Waals surface area contributed by atoms with E-state index in [2.05, 4.69) is 22.6 Å². The Morgan fingerprint density at radius 1 is 1.00 bits per heavy atom. The minimum Gasteiger partial charge on any atom is -0.241 e. The fourth-order valence-corrected chi connectivity index (χ4v) is 4.21. The van der Waals surface area contributed by atoms with Crippen LogP contribution in [0.5, 0.6) is 0 Å². The quantitative estimate of drug-likeness (QED) is 0.588. The molecule has 3 nitrogen and oxygen atoms in total. The molecule has 3 aromatic rings. The Bertz CT molecular complexity index is 888. The first-order valence-corrected chi connectivity index (χ1v) is 8.67. The molecule has 0 aliphatic heterocycles. The summed E-state index contributed by atoms with van der Waals surface area (Å²) in [5.74, 6) is 0. The zero-order valence-electron chi connectivity index (χ0n) is 10.1. The molecule has 0 N–H and O–H groups in total. The molecule has 6 heteroatoms. The molecule has 2 aromatic carbocycles. The molecule has 1 heterocycles. The van der Waals surface area contributed by atoms with Crippen LogP contribution >= 0.6 is 34.2 Å². The van der Waals surface area contributed by atoms with Gasteiger partial charge in [-0.2, -0.15) is 0 Å². The van der Waals surface area contributed by atoms with Crippen LogP contribution in [-0.2, 0) is 10.0 Å². The summed E-state index contributed by atoms with van der Waals surface area (Å²) in [5, 5.41) is 1.45. The van der Waals surface area contributed by atoms with Crippen LogP contribution < -0.4 is 0 Å². The van der Waals surface area contributed by atoms with Crippen molar-refractivity contribution in [3.63, 3.8) is 0 Å². The summed E-state index contributed by atoms with van der Waals surface area (Å²) in [7, 11) is -3.58. The zero-order chi connectivity index (χ0) is 14.3. The Morgan fingerprint density at radius 2 is 1.70 bits per heavy atom. The van der Waals surface area contributed by atoms with E-state index in [1.54, 1.807) is 54.7 Å². The molecule has 20 heavy (non-hydrogen) atoms. The van der Waals surface area contributed by atoms with Gasteiger partial charge >= 0.3 is 0 Å². The number of benzene rings is 2. The van der Waals surface area contributed by atoms with Gasteiger partial charge in [-0.3, -0.25) is 0 Å². The van der Waals surface area contributed by atoms with Crippen molar-refractivity contribution >= 4 is 55.1 Å². The molecule has 0 atom stereocenters. The monoisotopic (exact) mass is 417 g/mol. The van der Waals surface area contributed by atoms with Crippen LogP contribution in [-0.4, -0.2) is 12.4 Å². The summed E-state index contributed by atoms with van der Waals surface area (Å²) in [4.78, 5) is 0.266. The lowest BCUT2D eigenvalue weighted by atomic mass is 10.2. The van der Waals surface area contributed by atoms with Crippen molar-refractivity contribution in [1.29, 1.82) is 0 Å². The molecule has 102 valence electrons. The van der Waals surface area contributed by atoms with Crippen LogP contribution in [0.15, 0.2) is 59.6 Å². The number of hydrogen-bond acceptors (Lipinski definition) is 2. The molecule has 0 aliphatic carbocycles. The third-order valence-corrected chi connectivity index (χ3v) is 6.52. The highest BCUT2D eigenvalue weighted by Gasteiger charge is 2.19. The smallest absolute Gasteiger partial charge is 0.241 e. The van der Waals surface area contributed by atoms with Gasteiger partial charge < -0.3 is 0 Å². The second kappa shape index (κ2) is 5.05. The Balaban J connectivity index is 2.29. The van der Waals surface area contributed by atoms with Crippen molar-refractivity contribution in [1.82, 2.24) is 3.97 Å². The van der Waals surface area contributed by atoms with Gasteiger partial charge in [0.05, 0.1) is 15.4 Å². The number of nitrogens with zero attached hydrogens (tertiary/aromatic N) is 1. The lowest BCUT2D eigenvalue weighted by molar-refractivity contribution is 0.589. The van der Waals surface area contributed by atoms with E-state index in [1.165, 1.54) is 3.97 Å². The predicted octanol–water partition coefficient (Wildman–Crippen LogP) is 4.14. The molecule has 0 unspecified atom stereocenters. The molecular weight excluding hydrogens is 409 g/mol. The third-order valence-electron chi connectivity index (χ3n) is 3.02. The maximum absolute atomic E-state index is 12.6. The van der Waals surface area contributed by atoms with Crippen molar-refractivity contribution in [2.45, 2.75) is 4.90 Å². The van der Waals surface area contributed by atoms with E-state index in [9.17, 15) is 8.42 Å². The Morgan fingerprint density at radius 3 is 2.40 bits per heavy atom. The second-order valence-corrected chi connectivity index (χ2v) is 7.52. The SMILES string of the molecule is O=S(=O)(c1ccccc1)n1ccc2c(I)c(Cl)ccc21. The standard InChI is InChI=1S/C14H9ClINO2S/c15-12-6-7-13-11(14(12)16)8-9-17(13)20(18,19)10-4-2-1-3-5-10/h1-9H. The summed E-state index contributed by atoms with van der Waals surface area (Å²) in [6.45, 7) is 0. The van der Waals surface area contributed by atoms with E-state index in [4.69, 9.17) is 11.6 Å². The van der Waals surface area contributed by atoms with Crippen LogP contribution in [0.4, 0.5) is 0 Å². The van der Waals surface area contributed by atoms with Crippen molar-refractivity contribution in [3.8, 4) is 0 Å². The van der Waals surface area contributed by atoms with Crippen molar-refractivity contribution in [3.05, 3.63) is 63.3 Å². The molecule has 0 fully saturated rings. The summed E-state index contributed by atoms with van der Waals surface area (Å²) in [5.41, 5.74) is 0.627. The second-order valence-electron chi connectivity index (χ2n) is 4.22. The van der Waals surface area contributed by atoms with Gasteiger partial charge in [0.15, 0.2) is 0 Å². The Hall–Kier alpha value is -1.05. The molecule has 0 bridgehead atoms. The summed E-state index contributed by atoms with van der Waals surface area (Å²) >= 11 is 8.18. The van der Waals surface area contributed by atoms with E-state index in [0.717, 1.165) is 8.96 Å². The van der Waals surface area contributed by atoms with Gasteiger partial charge in [-0.1, -0.05) is 29.8 Å². The normalized spacial score (nSPS) is 11.9. The van der Waals surface area contributed by atoms with Gasteiger partial charge in [0.2, 0.25) is 0 Å². The predicted molar refractivity (Wildman–Crippen MR) is 88.7 cm³/mol. The molecule has 0 amide bonds. The number of hydrogen-bond donors (Lipinski definition) is 0. The largest absolute Gasteiger partial charge is 0.268 e. The highest BCUT2D eigenvalue weighted by Crippen LogP contribution is 2.30. The number of fused-ring (bicyclic) bond motifs is 1. The molecular formula is C14H9ClINO2S. The average Bonchev–Trinajstić information content (AvgIpc) is 2.89. The van der Waals surface area contributed by atoms with E-state index < -0.39 is 10.0 Å². The molecule has 0 spiro atoms. The van der Waals surface area contributed by atoms with E-state index >= 15 is 0 Å². The summed E-state index contributed by atoms with van der Waals surface area (Å²) in [6.07, 6.45) is 1.56. The molecule has 1 aromatic heterocycles. The van der Waals surface area contributed by atoms with Crippen LogP contribution in [0, 0.1) is 3.57 Å². The first-order valence-electron chi connectivity index (χ1n) is 5.77. The minimum absolute atomic E-state index is 0.266. The highest BCUT2D eigenvalue weighted by molar-refractivity contribution is 14.1. The Kier molecular flexibility index (Phi) is 3.51. The Labute approximate surface area is 135 Å². The summed E-state index contributed by atoms with van der Waals surface area (Å²) < 4.78 is 27.4. The minimum atomic E-state index is -3.58. The fraction of sp³-hybridized carbons (Fsp3) is 0. The van der Waals surface area contributed by atoms with Crippen molar-refractivity contribution in [2.24, 2.45) is 0 Å². The van der Waals surface area contributed by atoms with Gasteiger partial charge in [0.1, 0.15) is 0 Å². The number of rotatable bonds is 2. The number of halogens is 2. The van der Waals surface area contributed by atoms with Gasteiger partial charge in [-0.25, -0.2) is 12.4 Å².